The molecule has 2 rings (SSSR count). The predicted octanol–water partition coefficient (Wildman–Crippen LogP) is 1.50. The van der Waals surface area contributed by atoms with Crippen LogP contribution in [0.2, 0.25) is 5.02 Å². The number of fused-ring (bicyclic) bond motifs is 1. The monoisotopic (exact) mass is 268 g/mol. The molecule has 1 atom stereocenters. The van der Waals surface area contributed by atoms with Gasteiger partial charge < -0.3 is 15.0 Å². The van der Waals surface area contributed by atoms with E-state index >= 15 is 0 Å². The summed E-state index contributed by atoms with van der Waals surface area (Å²) in [6.45, 7) is 1.36. The molecule has 0 aromatic heterocycles. The highest BCUT2D eigenvalue weighted by atomic mass is 35.5. The summed E-state index contributed by atoms with van der Waals surface area (Å²) in [4.78, 5) is 24.7. The van der Waals surface area contributed by atoms with E-state index < -0.39 is 6.04 Å². The minimum Gasteiger partial charge on any atom is -0.495 e. The van der Waals surface area contributed by atoms with Crippen molar-refractivity contribution in [3.8, 4) is 5.75 Å². The fourth-order valence-corrected chi connectivity index (χ4v) is 2.37. The number of ether oxygens (including phenoxy) is 1. The average Bonchev–Trinajstić information content (AvgIpc) is 2.56. The van der Waals surface area contributed by atoms with Gasteiger partial charge >= 0.3 is 0 Å². The highest BCUT2D eigenvalue weighted by Crippen LogP contribution is 2.45. The van der Waals surface area contributed by atoms with Gasteiger partial charge in [0, 0.05) is 24.6 Å². The molecule has 6 heteroatoms. The number of carbonyl (C=O) groups excluding carboxylic acids is 2. The molecule has 0 unspecified atom stereocenters. The maximum Gasteiger partial charge on any atom is 0.254 e. The first-order valence-electron chi connectivity index (χ1n) is 5.38. The Morgan fingerprint density at radius 1 is 1.50 bits per heavy atom. The van der Waals surface area contributed by atoms with Gasteiger partial charge in [-0.3, -0.25) is 9.59 Å². The van der Waals surface area contributed by atoms with E-state index in [1.807, 2.05) is 0 Å². The molecule has 0 saturated heterocycles. The van der Waals surface area contributed by atoms with Crippen molar-refractivity contribution in [1.29, 1.82) is 0 Å². The summed E-state index contributed by atoms with van der Waals surface area (Å²) in [6.07, 6.45) is 0. The van der Waals surface area contributed by atoms with Gasteiger partial charge in [0.25, 0.3) is 5.91 Å². The summed E-state index contributed by atoms with van der Waals surface area (Å²) in [5.74, 6) is 0.0400. The van der Waals surface area contributed by atoms with Crippen molar-refractivity contribution in [2.45, 2.75) is 13.0 Å². The van der Waals surface area contributed by atoms with Crippen LogP contribution in [-0.4, -0.2) is 26.0 Å². The zero-order chi connectivity index (χ0) is 13.4. The van der Waals surface area contributed by atoms with Gasteiger partial charge in [0.1, 0.15) is 11.8 Å². The van der Waals surface area contributed by atoms with Crippen LogP contribution in [0.15, 0.2) is 12.1 Å². The minimum absolute atomic E-state index is 0.230. The molecule has 5 nitrogen and oxygen atoms in total. The van der Waals surface area contributed by atoms with Gasteiger partial charge in [-0.15, -0.1) is 0 Å². The third-order valence-corrected chi connectivity index (χ3v) is 3.23. The molecule has 1 aliphatic heterocycles. The van der Waals surface area contributed by atoms with Gasteiger partial charge in [0.2, 0.25) is 5.91 Å². The van der Waals surface area contributed by atoms with Crippen LogP contribution in [0.1, 0.15) is 18.5 Å². The quantitative estimate of drug-likeness (QED) is 0.884. The Kier molecular flexibility index (Phi) is 3.17. The van der Waals surface area contributed by atoms with E-state index in [9.17, 15) is 9.59 Å². The lowest BCUT2D eigenvalue weighted by molar-refractivity contribution is -0.125. The number of anilines is 1. The van der Waals surface area contributed by atoms with Crippen molar-refractivity contribution in [3.63, 3.8) is 0 Å². The van der Waals surface area contributed by atoms with Crippen LogP contribution in [0.5, 0.6) is 5.75 Å². The second kappa shape index (κ2) is 4.49. The first-order valence-corrected chi connectivity index (χ1v) is 5.76. The molecule has 0 spiro atoms. The summed E-state index contributed by atoms with van der Waals surface area (Å²) in [7, 11) is 3.15. The molecule has 1 aliphatic rings. The Balaban J connectivity index is 2.60. The number of likely N-dealkylation sites (N-methyl/N-ethyl adjacent to an activating group) is 1. The first kappa shape index (κ1) is 12.7. The van der Waals surface area contributed by atoms with Crippen molar-refractivity contribution >= 4 is 29.1 Å². The van der Waals surface area contributed by atoms with Gasteiger partial charge in [-0.1, -0.05) is 11.6 Å². The molecule has 18 heavy (non-hydrogen) atoms. The lowest BCUT2D eigenvalue weighted by atomic mass is 10.1. The fourth-order valence-electron chi connectivity index (χ4n) is 2.11. The van der Waals surface area contributed by atoms with Crippen LogP contribution < -0.4 is 15.0 Å². The zero-order valence-corrected chi connectivity index (χ0v) is 11.0. The molecule has 0 fully saturated rings. The van der Waals surface area contributed by atoms with Crippen molar-refractivity contribution < 1.29 is 14.3 Å². The molecular weight excluding hydrogens is 256 g/mol. The number of nitrogens with zero attached hydrogens (tertiary/aromatic N) is 1. The molecule has 1 aromatic rings. The summed E-state index contributed by atoms with van der Waals surface area (Å²) >= 11 is 6.12. The van der Waals surface area contributed by atoms with Gasteiger partial charge in [-0.25, -0.2) is 0 Å². The number of benzene rings is 1. The third-order valence-electron chi connectivity index (χ3n) is 2.90. The van der Waals surface area contributed by atoms with Crippen molar-refractivity contribution in [2.75, 3.05) is 19.1 Å². The number of halogens is 1. The number of hydrogen-bond acceptors (Lipinski definition) is 3. The van der Waals surface area contributed by atoms with Crippen LogP contribution in [0.4, 0.5) is 5.69 Å². The highest BCUT2D eigenvalue weighted by Gasteiger charge is 2.39. The van der Waals surface area contributed by atoms with Gasteiger partial charge in [0.15, 0.2) is 0 Å². The van der Waals surface area contributed by atoms with Gasteiger partial charge in [0.05, 0.1) is 12.8 Å². The summed E-state index contributed by atoms with van der Waals surface area (Å²) < 4.78 is 5.22. The number of amides is 2. The lowest BCUT2D eigenvalue weighted by Crippen LogP contribution is -2.34. The van der Waals surface area contributed by atoms with E-state index in [0.29, 0.717) is 22.0 Å². The molecule has 0 aliphatic carbocycles. The van der Waals surface area contributed by atoms with Crippen LogP contribution >= 0.6 is 11.6 Å². The SMILES string of the molecule is COc1ccc(Cl)c2c1N(C)C(=O)[C@H]2NC(C)=O. The normalized spacial score (nSPS) is 17.7. The van der Waals surface area contributed by atoms with Crippen molar-refractivity contribution in [2.24, 2.45) is 0 Å². The van der Waals surface area contributed by atoms with Crippen LogP contribution in [0, 0.1) is 0 Å². The van der Waals surface area contributed by atoms with Gasteiger partial charge in [-0.2, -0.15) is 0 Å². The van der Waals surface area contributed by atoms with E-state index in [0.717, 1.165) is 0 Å². The largest absolute Gasteiger partial charge is 0.495 e. The minimum atomic E-state index is -0.745. The number of methoxy groups -OCH3 is 1. The number of carbonyl (C=O) groups is 2. The van der Waals surface area contributed by atoms with E-state index in [1.165, 1.54) is 18.9 Å². The zero-order valence-electron chi connectivity index (χ0n) is 10.3. The van der Waals surface area contributed by atoms with Crippen molar-refractivity contribution in [1.82, 2.24) is 5.32 Å². The first-order chi connectivity index (χ1) is 8.47. The Labute approximate surface area is 110 Å². The summed E-state index contributed by atoms with van der Waals surface area (Å²) in [6, 6.07) is 2.60. The Hall–Kier alpha value is -1.75. The van der Waals surface area contributed by atoms with E-state index in [-0.39, 0.29) is 11.8 Å². The smallest absolute Gasteiger partial charge is 0.254 e. The maximum absolute atomic E-state index is 12.1. The number of hydrogen-bond donors (Lipinski definition) is 1. The maximum atomic E-state index is 12.1. The summed E-state index contributed by atoms with van der Waals surface area (Å²) in [5.41, 5.74) is 1.19. The molecule has 0 saturated carbocycles. The van der Waals surface area contributed by atoms with Crippen LogP contribution in [0.3, 0.4) is 0 Å². The Bertz CT molecular complexity index is 530. The number of nitrogens with one attached hydrogen (secondary N) is 1. The van der Waals surface area contributed by atoms with Gasteiger partial charge in [-0.05, 0) is 12.1 Å². The molecule has 96 valence electrons. The van der Waals surface area contributed by atoms with E-state index in [4.69, 9.17) is 16.3 Å². The number of rotatable bonds is 2. The average molecular weight is 269 g/mol. The second-order valence-electron chi connectivity index (χ2n) is 4.04. The fraction of sp³-hybridized carbons (Fsp3) is 0.333. The van der Waals surface area contributed by atoms with Crippen LogP contribution in [-0.2, 0) is 9.59 Å². The van der Waals surface area contributed by atoms with E-state index in [2.05, 4.69) is 5.32 Å². The predicted molar refractivity (Wildman–Crippen MR) is 68.0 cm³/mol. The summed E-state index contributed by atoms with van der Waals surface area (Å²) in [5, 5.41) is 3.03. The highest BCUT2D eigenvalue weighted by molar-refractivity contribution is 6.33. The Morgan fingerprint density at radius 2 is 2.17 bits per heavy atom. The molecule has 0 bridgehead atoms. The molecular formula is C12H13ClN2O3. The standard InChI is InChI=1S/C12H13ClN2O3/c1-6(16)14-10-9-7(13)4-5-8(18-3)11(9)15(2)12(10)17/h4-5,10H,1-3H3,(H,14,16)/t10-/m0/s1. The lowest BCUT2D eigenvalue weighted by Gasteiger charge is -2.14. The molecule has 1 heterocycles. The van der Waals surface area contributed by atoms with E-state index in [1.54, 1.807) is 19.2 Å². The van der Waals surface area contributed by atoms with Crippen LogP contribution in [0.25, 0.3) is 0 Å². The topological polar surface area (TPSA) is 58.6 Å². The molecule has 0 radical (unpaired) electrons. The molecule has 1 N–H and O–H groups in total. The second-order valence-corrected chi connectivity index (χ2v) is 4.45. The van der Waals surface area contributed by atoms with Crippen molar-refractivity contribution in [3.05, 3.63) is 22.7 Å². The molecule has 2 amide bonds. The molecule has 1 aromatic carbocycles. The Morgan fingerprint density at radius 3 is 2.72 bits per heavy atom. The third kappa shape index (κ3) is 1.80.